The highest BCUT2D eigenvalue weighted by Crippen LogP contribution is 2.14. The van der Waals surface area contributed by atoms with Crippen LogP contribution in [0.5, 0.6) is 0 Å². The minimum Gasteiger partial charge on any atom is -0.327 e. The van der Waals surface area contributed by atoms with Gasteiger partial charge < -0.3 is 11.1 Å². The summed E-state index contributed by atoms with van der Waals surface area (Å²) in [6.07, 6.45) is 0. The molecule has 0 saturated carbocycles. The number of nitrogens with one attached hydrogen (secondary N) is 1. The van der Waals surface area contributed by atoms with E-state index < -0.39 is 0 Å². The van der Waals surface area contributed by atoms with Crippen molar-refractivity contribution in [3.05, 3.63) is 34.9 Å². The van der Waals surface area contributed by atoms with Crippen molar-refractivity contribution in [2.24, 2.45) is 5.73 Å². The second-order valence-electron chi connectivity index (χ2n) is 3.62. The molecule has 0 radical (unpaired) electrons. The summed E-state index contributed by atoms with van der Waals surface area (Å²) in [6.45, 7) is 4.83. The van der Waals surface area contributed by atoms with Crippen molar-refractivity contribution < 1.29 is 0 Å². The van der Waals surface area contributed by atoms with Crippen molar-refractivity contribution in [1.29, 1.82) is 0 Å². The first-order valence-corrected chi connectivity index (χ1v) is 5.21. The smallest absolute Gasteiger partial charge is 0.0450 e. The molecule has 1 aromatic rings. The molecular formula is C11H17ClN2. The van der Waals surface area contributed by atoms with Gasteiger partial charge in [0.2, 0.25) is 0 Å². The van der Waals surface area contributed by atoms with Crippen LogP contribution in [-0.2, 0) is 6.54 Å². The van der Waals surface area contributed by atoms with E-state index in [0.29, 0.717) is 6.04 Å². The van der Waals surface area contributed by atoms with E-state index in [9.17, 15) is 0 Å². The van der Waals surface area contributed by atoms with E-state index in [1.807, 2.05) is 31.2 Å². The normalized spacial score (nSPS) is 15.1. The second-order valence-corrected chi connectivity index (χ2v) is 4.03. The van der Waals surface area contributed by atoms with Gasteiger partial charge in [-0.3, -0.25) is 0 Å². The first-order chi connectivity index (χ1) is 6.61. The summed E-state index contributed by atoms with van der Waals surface area (Å²) in [5.41, 5.74) is 6.86. The molecule has 14 heavy (non-hydrogen) atoms. The summed E-state index contributed by atoms with van der Waals surface area (Å²) in [5.74, 6) is 0. The molecule has 1 rings (SSSR count). The summed E-state index contributed by atoms with van der Waals surface area (Å²) >= 11 is 6.02. The molecule has 1 aromatic carbocycles. The van der Waals surface area contributed by atoms with Crippen LogP contribution in [-0.4, -0.2) is 12.1 Å². The molecule has 0 aliphatic heterocycles. The largest absolute Gasteiger partial charge is 0.327 e. The third-order valence-corrected chi connectivity index (χ3v) is 2.73. The Balaban J connectivity index is 2.50. The number of halogens is 1. The van der Waals surface area contributed by atoms with Gasteiger partial charge >= 0.3 is 0 Å². The fourth-order valence-electron chi connectivity index (χ4n) is 1.10. The molecule has 0 saturated heterocycles. The van der Waals surface area contributed by atoms with Gasteiger partial charge in [-0.05, 0) is 25.5 Å². The minimum atomic E-state index is 0.150. The van der Waals surface area contributed by atoms with Crippen LogP contribution in [0.3, 0.4) is 0 Å². The zero-order valence-electron chi connectivity index (χ0n) is 8.63. The zero-order chi connectivity index (χ0) is 10.6. The van der Waals surface area contributed by atoms with Crippen molar-refractivity contribution in [2.75, 3.05) is 0 Å². The molecule has 0 spiro atoms. The molecule has 2 atom stereocenters. The predicted octanol–water partition coefficient (Wildman–Crippen LogP) is 2.17. The third kappa shape index (κ3) is 3.29. The lowest BCUT2D eigenvalue weighted by molar-refractivity contribution is 0.478. The third-order valence-electron chi connectivity index (χ3n) is 2.36. The molecule has 2 nitrogen and oxygen atoms in total. The monoisotopic (exact) mass is 212 g/mol. The summed E-state index contributed by atoms with van der Waals surface area (Å²) < 4.78 is 0. The number of hydrogen-bond donors (Lipinski definition) is 2. The van der Waals surface area contributed by atoms with Crippen LogP contribution in [0.2, 0.25) is 5.02 Å². The van der Waals surface area contributed by atoms with Crippen LogP contribution >= 0.6 is 11.6 Å². The van der Waals surface area contributed by atoms with Gasteiger partial charge in [-0.2, -0.15) is 0 Å². The van der Waals surface area contributed by atoms with E-state index in [1.165, 1.54) is 0 Å². The van der Waals surface area contributed by atoms with Crippen LogP contribution < -0.4 is 11.1 Å². The summed E-state index contributed by atoms with van der Waals surface area (Å²) in [6, 6.07) is 8.28. The molecule has 0 aromatic heterocycles. The maximum absolute atomic E-state index is 6.02. The fraction of sp³-hybridized carbons (Fsp3) is 0.455. The Bertz CT molecular complexity index is 286. The van der Waals surface area contributed by atoms with Gasteiger partial charge in [0, 0.05) is 23.7 Å². The summed E-state index contributed by atoms with van der Waals surface area (Å²) in [7, 11) is 0. The maximum atomic E-state index is 6.02. The molecule has 3 heteroatoms. The van der Waals surface area contributed by atoms with Crippen molar-refractivity contribution >= 4 is 11.6 Å². The standard InChI is InChI=1S/C11H17ClN2/c1-8(13)9(2)14-7-10-5-3-4-6-11(10)12/h3-6,8-9,14H,7,13H2,1-2H3. The molecule has 2 unspecified atom stereocenters. The van der Waals surface area contributed by atoms with Gasteiger partial charge in [0.05, 0.1) is 0 Å². The highest BCUT2D eigenvalue weighted by Gasteiger charge is 2.06. The highest BCUT2D eigenvalue weighted by molar-refractivity contribution is 6.31. The highest BCUT2D eigenvalue weighted by atomic mass is 35.5. The van der Waals surface area contributed by atoms with Gasteiger partial charge in [-0.1, -0.05) is 29.8 Å². The van der Waals surface area contributed by atoms with Crippen LogP contribution in [0, 0.1) is 0 Å². The molecule has 0 fully saturated rings. The Morgan fingerprint density at radius 1 is 1.36 bits per heavy atom. The first-order valence-electron chi connectivity index (χ1n) is 4.83. The Kier molecular flexibility index (Phi) is 4.39. The Morgan fingerprint density at radius 2 is 2.00 bits per heavy atom. The lowest BCUT2D eigenvalue weighted by atomic mass is 10.1. The summed E-state index contributed by atoms with van der Waals surface area (Å²) in [4.78, 5) is 0. The van der Waals surface area contributed by atoms with Crippen molar-refractivity contribution in [2.45, 2.75) is 32.5 Å². The van der Waals surface area contributed by atoms with E-state index in [2.05, 4.69) is 12.2 Å². The van der Waals surface area contributed by atoms with Crippen LogP contribution in [0.4, 0.5) is 0 Å². The molecule has 78 valence electrons. The zero-order valence-corrected chi connectivity index (χ0v) is 9.38. The number of rotatable bonds is 4. The van der Waals surface area contributed by atoms with Crippen LogP contribution in [0.15, 0.2) is 24.3 Å². The average Bonchev–Trinajstić information content (AvgIpc) is 2.16. The molecule has 0 heterocycles. The molecule has 0 amide bonds. The Morgan fingerprint density at radius 3 is 2.57 bits per heavy atom. The van der Waals surface area contributed by atoms with Crippen molar-refractivity contribution in [1.82, 2.24) is 5.32 Å². The van der Waals surface area contributed by atoms with Crippen molar-refractivity contribution in [3.8, 4) is 0 Å². The Labute approximate surface area is 90.4 Å². The topological polar surface area (TPSA) is 38.0 Å². The molecule has 3 N–H and O–H groups in total. The molecule has 0 aliphatic rings. The van der Waals surface area contributed by atoms with Crippen LogP contribution in [0.25, 0.3) is 0 Å². The fourth-order valence-corrected chi connectivity index (χ4v) is 1.30. The average molecular weight is 213 g/mol. The van der Waals surface area contributed by atoms with Crippen molar-refractivity contribution in [3.63, 3.8) is 0 Å². The lowest BCUT2D eigenvalue weighted by Gasteiger charge is -2.17. The van der Waals surface area contributed by atoms with Crippen LogP contribution in [0.1, 0.15) is 19.4 Å². The second kappa shape index (κ2) is 5.35. The van der Waals surface area contributed by atoms with Gasteiger partial charge in [-0.15, -0.1) is 0 Å². The molecule has 0 aliphatic carbocycles. The molecule has 0 bridgehead atoms. The predicted molar refractivity (Wildman–Crippen MR) is 61.4 cm³/mol. The number of hydrogen-bond acceptors (Lipinski definition) is 2. The van der Waals surface area contributed by atoms with Gasteiger partial charge in [0.25, 0.3) is 0 Å². The molecular weight excluding hydrogens is 196 g/mol. The van der Waals surface area contributed by atoms with E-state index >= 15 is 0 Å². The maximum Gasteiger partial charge on any atom is 0.0450 e. The van der Waals surface area contributed by atoms with Gasteiger partial charge in [0.1, 0.15) is 0 Å². The van der Waals surface area contributed by atoms with E-state index in [0.717, 1.165) is 17.1 Å². The Hall–Kier alpha value is -0.570. The quantitative estimate of drug-likeness (QED) is 0.803. The van der Waals surface area contributed by atoms with Gasteiger partial charge in [0.15, 0.2) is 0 Å². The minimum absolute atomic E-state index is 0.150. The van der Waals surface area contributed by atoms with E-state index in [-0.39, 0.29) is 6.04 Å². The lowest BCUT2D eigenvalue weighted by Crippen LogP contribution is -2.40. The van der Waals surface area contributed by atoms with Gasteiger partial charge in [-0.25, -0.2) is 0 Å². The van der Waals surface area contributed by atoms with E-state index in [4.69, 9.17) is 17.3 Å². The SMILES string of the molecule is CC(N)C(C)NCc1ccccc1Cl. The number of nitrogens with two attached hydrogens (primary N) is 1. The summed E-state index contributed by atoms with van der Waals surface area (Å²) in [5, 5.41) is 4.13. The first kappa shape index (κ1) is 11.5. The van der Waals surface area contributed by atoms with E-state index in [1.54, 1.807) is 0 Å². The number of benzene rings is 1.